The summed E-state index contributed by atoms with van der Waals surface area (Å²) in [6.07, 6.45) is 0. The van der Waals surface area contributed by atoms with Gasteiger partial charge >= 0.3 is 0 Å². The van der Waals surface area contributed by atoms with Gasteiger partial charge in [-0.25, -0.2) is 0 Å². The van der Waals surface area contributed by atoms with Crippen molar-refractivity contribution in [1.82, 2.24) is 0 Å². The van der Waals surface area contributed by atoms with E-state index in [0.717, 1.165) is 6.54 Å². The molecule has 0 aromatic carbocycles. The summed E-state index contributed by atoms with van der Waals surface area (Å²) in [4.78, 5) is 11.1. The minimum Gasteiger partial charge on any atom is -0.756 e. The highest BCUT2D eigenvalue weighted by Gasteiger charge is 2.36. The van der Waals surface area contributed by atoms with Crippen molar-refractivity contribution < 1.29 is 27.7 Å². The van der Waals surface area contributed by atoms with Gasteiger partial charge in [0, 0.05) is 0 Å². The molecule has 0 aromatic heterocycles. The van der Waals surface area contributed by atoms with Crippen LogP contribution in [0.1, 0.15) is 13.8 Å². The first kappa shape index (κ1) is 12.1. The van der Waals surface area contributed by atoms with Crippen LogP contribution < -0.4 is 4.89 Å². The van der Waals surface area contributed by atoms with Crippen LogP contribution in [0, 0.1) is 0 Å². The molecular weight excluding hydrogens is 209 g/mol. The van der Waals surface area contributed by atoms with Crippen LogP contribution in [-0.2, 0) is 18.3 Å². The Balaban J connectivity index is 2.35. The fraction of sp³-hybridized carbons (Fsp3) is 1.00. The first-order chi connectivity index (χ1) is 6.54. The summed E-state index contributed by atoms with van der Waals surface area (Å²) in [6.45, 7) is 5.55. The van der Waals surface area contributed by atoms with Crippen LogP contribution in [0.25, 0.3) is 0 Å². The summed E-state index contributed by atoms with van der Waals surface area (Å²) in [6, 6.07) is 0. The monoisotopic (exact) mass is 225 g/mol. The van der Waals surface area contributed by atoms with Gasteiger partial charge in [0.1, 0.15) is 0 Å². The molecular formula is C7H16NO5P. The number of hydrogen-bond donors (Lipinski definition) is 0. The normalized spacial score (nSPS) is 23.9. The first-order valence-corrected chi connectivity index (χ1v) is 6.02. The van der Waals surface area contributed by atoms with E-state index in [2.05, 4.69) is 4.52 Å². The van der Waals surface area contributed by atoms with Crippen LogP contribution in [0.5, 0.6) is 0 Å². The number of nitrogens with zero attached hydrogens (tertiary/aromatic N) is 1. The summed E-state index contributed by atoms with van der Waals surface area (Å²) < 4.78 is 25.8. The van der Waals surface area contributed by atoms with Gasteiger partial charge in [0.05, 0.1) is 13.2 Å². The summed E-state index contributed by atoms with van der Waals surface area (Å²) in [7, 11) is -4.10. The number of rotatable bonds is 6. The second kappa shape index (κ2) is 4.70. The van der Waals surface area contributed by atoms with Crippen molar-refractivity contribution in [2.75, 3.05) is 33.3 Å². The lowest BCUT2D eigenvalue weighted by Gasteiger charge is -2.43. The minimum atomic E-state index is -4.10. The molecule has 0 N–H and O–H groups in total. The van der Waals surface area contributed by atoms with Crippen molar-refractivity contribution in [2.45, 2.75) is 13.8 Å². The fourth-order valence-corrected chi connectivity index (χ4v) is 1.86. The molecule has 1 fully saturated rings. The third-order valence-corrected chi connectivity index (χ3v) is 3.18. The standard InChI is InChI=1S/C7H16NO5P/c1-3-8(5-11-6-8)7-13-14(9,10)12-4-2/h3-7H2,1-2H3. The first-order valence-electron chi connectivity index (χ1n) is 4.56. The molecule has 0 amide bonds. The van der Waals surface area contributed by atoms with E-state index in [1.54, 1.807) is 6.92 Å². The van der Waals surface area contributed by atoms with Gasteiger partial charge in [0.2, 0.25) is 0 Å². The van der Waals surface area contributed by atoms with E-state index in [9.17, 15) is 9.46 Å². The molecule has 1 aliphatic rings. The summed E-state index contributed by atoms with van der Waals surface area (Å²) in [5.41, 5.74) is 0. The molecule has 14 heavy (non-hydrogen) atoms. The van der Waals surface area contributed by atoms with E-state index in [0.29, 0.717) is 17.9 Å². The van der Waals surface area contributed by atoms with E-state index < -0.39 is 7.82 Å². The largest absolute Gasteiger partial charge is 0.756 e. The Morgan fingerprint density at radius 3 is 2.43 bits per heavy atom. The Bertz CT molecular complexity index is 225. The molecule has 1 saturated heterocycles. The second-order valence-corrected chi connectivity index (χ2v) is 4.65. The summed E-state index contributed by atoms with van der Waals surface area (Å²) in [5.74, 6) is 0. The van der Waals surface area contributed by atoms with Crippen LogP contribution >= 0.6 is 7.82 Å². The fourth-order valence-electron chi connectivity index (χ4n) is 1.09. The molecule has 0 aliphatic carbocycles. The molecule has 1 heterocycles. The van der Waals surface area contributed by atoms with E-state index in [-0.39, 0.29) is 13.3 Å². The topological polar surface area (TPSA) is 67.8 Å². The zero-order valence-corrected chi connectivity index (χ0v) is 9.37. The Kier molecular flexibility index (Phi) is 4.06. The van der Waals surface area contributed by atoms with Crippen molar-refractivity contribution in [3.63, 3.8) is 0 Å². The molecule has 0 bridgehead atoms. The molecule has 6 nitrogen and oxygen atoms in total. The molecule has 1 rings (SSSR count). The number of quaternary nitrogens is 1. The van der Waals surface area contributed by atoms with Crippen molar-refractivity contribution in [3.8, 4) is 0 Å². The number of phosphoric acid groups is 1. The molecule has 0 spiro atoms. The minimum absolute atomic E-state index is 0.0945. The number of phosphoric ester groups is 1. The zero-order chi connectivity index (χ0) is 10.7. The van der Waals surface area contributed by atoms with Gasteiger partial charge in [-0.2, -0.15) is 0 Å². The maximum Gasteiger partial charge on any atom is 0.272 e. The Hall–Kier alpha value is 0.0300. The molecule has 7 heteroatoms. The van der Waals surface area contributed by atoms with Gasteiger partial charge < -0.3 is 9.42 Å². The summed E-state index contributed by atoms with van der Waals surface area (Å²) in [5, 5.41) is 0. The van der Waals surface area contributed by atoms with E-state index in [1.165, 1.54) is 0 Å². The average molecular weight is 225 g/mol. The maximum absolute atomic E-state index is 11.1. The predicted octanol–water partition coefficient (Wildman–Crippen LogP) is 0.247. The van der Waals surface area contributed by atoms with Crippen LogP contribution in [0.2, 0.25) is 0 Å². The van der Waals surface area contributed by atoms with Crippen molar-refractivity contribution >= 4 is 7.82 Å². The van der Waals surface area contributed by atoms with Crippen LogP contribution in [-0.4, -0.2) is 37.8 Å². The predicted molar refractivity (Wildman–Crippen MR) is 46.8 cm³/mol. The highest BCUT2D eigenvalue weighted by molar-refractivity contribution is 7.45. The molecule has 1 aliphatic heterocycles. The average Bonchev–Trinajstić information content (AvgIpc) is 2.03. The lowest BCUT2D eigenvalue weighted by molar-refractivity contribution is -1.03. The van der Waals surface area contributed by atoms with Gasteiger partial charge in [-0.1, -0.05) is 0 Å². The highest BCUT2D eigenvalue weighted by Crippen LogP contribution is 2.39. The van der Waals surface area contributed by atoms with E-state index in [1.807, 2.05) is 6.92 Å². The Morgan fingerprint density at radius 2 is 2.07 bits per heavy atom. The maximum atomic E-state index is 11.1. The zero-order valence-electron chi connectivity index (χ0n) is 8.47. The lowest BCUT2D eigenvalue weighted by atomic mass is 10.5. The van der Waals surface area contributed by atoms with Gasteiger partial charge in [0.15, 0.2) is 20.2 Å². The van der Waals surface area contributed by atoms with Crippen molar-refractivity contribution in [1.29, 1.82) is 0 Å². The van der Waals surface area contributed by atoms with E-state index in [4.69, 9.17) is 9.26 Å². The van der Waals surface area contributed by atoms with E-state index >= 15 is 0 Å². The Labute approximate surface area is 83.6 Å². The SMILES string of the molecule is CCOP(=O)([O-])OC[N+]1(CC)COC1. The molecule has 1 atom stereocenters. The third kappa shape index (κ3) is 3.02. The molecule has 0 aromatic rings. The van der Waals surface area contributed by atoms with Gasteiger partial charge in [-0.3, -0.25) is 18.3 Å². The van der Waals surface area contributed by atoms with Crippen LogP contribution in [0.3, 0.4) is 0 Å². The van der Waals surface area contributed by atoms with Gasteiger partial charge in [0.25, 0.3) is 7.82 Å². The molecule has 0 saturated carbocycles. The lowest BCUT2D eigenvalue weighted by Crippen LogP contribution is -2.60. The number of hydrogen-bond acceptors (Lipinski definition) is 5. The molecule has 84 valence electrons. The smallest absolute Gasteiger partial charge is 0.272 e. The van der Waals surface area contributed by atoms with Gasteiger partial charge in [-0.05, 0) is 13.8 Å². The quantitative estimate of drug-likeness (QED) is 0.478. The second-order valence-electron chi connectivity index (χ2n) is 3.24. The van der Waals surface area contributed by atoms with Crippen molar-refractivity contribution in [2.24, 2.45) is 0 Å². The Morgan fingerprint density at radius 1 is 1.43 bits per heavy atom. The number of ether oxygens (including phenoxy) is 1. The van der Waals surface area contributed by atoms with Crippen LogP contribution in [0.15, 0.2) is 0 Å². The molecule has 0 radical (unpaired) electrons. The molecule has 1 unspecified atom stereocenters. The summed E-state index contributed by atoms with van der Waals surface area (Å²) >= 11 is 0. The van der Waals surface area contributed by atoms with Gasteiger partial charge in [-0.15, -0.1) is 0 Å². The van der Waals surface area contributed by atoms with Crippen LogP contribution in [0.4, 0.5) is 0 Å². The third-order valence-electron chi connectivity index (χ3n) is 2.18. The highest BCUT2D eigenvalue weighted by atomic mass is 31.2. The van der Waals surface area contributed by atoms with Crippen molar-refractivity contribution in [3.05, 3.63) is 0 Å².